The number of carboxylic acids is 1. The highest BCUT2D eigenvalue weighted by Crippen LogP contribution is 2.19. The van der Waals surface area contributed by atoms with Gasteiger partial charge in [0.2, 0.25) is 5.91 Å². The SMILES string of the molecule is CCC[C@@H](N)C(=O)N1C[C@H](O)C[C@H]1C(=O)O. The fourth-order valence-corrected chi connectivity index (χ4v) is 1.94. The second kappa shape index (κ2) is 5.27. The van der Waals surface area contributed by atoms with Crippen molar-refractivity contribution in [3.05, 3.63) is 0 Å². The lowest BCUT2D eigenvalue weighted by Gasteiger charge is -2.24. The van der Waals surface area contributed by atoms with Crippen LogP contribution in [0.5, 0.6) is 0 Å². The number of β-amino-alcohol motifs (C(OH)–C–C–N with tert-alkyl or cyclic N) is 1. The molecule has 16 heavy (non-hydrogen) atoms. The number of rotatable bonds is 4. The highest BCUT2D eigenvalue weighted by Gasteiger charge is 2.40. The first-order chi connectivity index (χ1) is 7.47. The zero-order chi connectivity index (χ0) is 12.3. The molecule has 0 aromatic carbocycles. The molecule has 0 spiro atoms. The van der Waals surface area contributed by atoms with Crippen LogP contribution < -0.4 is 5.73 Å². The van der Waals surface area contributed by atoms with Crippen LogP contribution in [0.15, 0.2) is 0 Å². The van der Waals surface area contributed by atoms with Gasteiger partial charge >= 0.3 is 5.97 Å². The first-order valence-electron chi connectivity index (χ1n) is 5.44. The maximum atomic E-state index is 11.8. The van der Waals surface area contributed by atoms with Crippen LogP contribution in [-0.4, -0.2) is 51.7 Å². The van der Waals surface area contributed by atoms with Crippen molar-refractivity contribution in [1.82, 2.24) is 4.90 Å². The Labute approximate surface area is 94.0 Å². The van der Waals surface area contributed by atoms with Gasteiger partial charge in [0.1, 0.15) is 6.04 Å². The van der Waals surface area contributed by atoms with E-state index in [9.17, 15) is 14.7 Å². The van der Waals surface area contributed by atoms with E-state index in [4.69, 9.17) is 10.8 Å². The van der Waals surface area contributed by atoms with Crippen LogP contribution in [0.4, 0.5) is 0 Å². The fourth-order valence-electron chi connectivity index (χ4n) is 1.94. The summed E-state index contributed by atoms with van der Waals surface area (Å²) in [5.41, 5.74) is 5.65. The van der Waals surface area contributed by atoms with E-state index >= 15 is 0 Å². The molecule has 0 aromatic rings. The summed E-state index contributed by atoms with van der Waals surface area (Å²) in [6, 6.07) is -1.61. The predicted octanol–water partition coefficient (Wildman–Crippen LogP) is -0.840. The van der Waals surface area contributed by atoms with Gasteiger partial charge in [-0.25, -0.2) is 4.79 Å². The number of likely N-dealkylation sites (tertiary alicyclic amines) is 1. The van der Waals surface area contributed by atoms with E-state index in [0.29, 0.717) is 6.42 Å². The lowest BCUT2D eigenvalue weighted by molar-refractivity contribution is -0.148. The molecular weight excluding hydrogens is 212 g/mol. The minimum Gasteiger partial charge on any atom is -0.480 e. The molecule has 0 bridgehead atoms. The molecule has 0 unspecified atom stereocenters. The van der Waals surface area contributed by atoms with Gasteiger partial charge in [-0.05, 0) is 6.42 Å². The lowest BCUT2D eigenvalue weighted by Crippen LogP contribution is -2.48. The Morgan fingerprint density at radius 1 is 1.56 bits per heavy atom. The number of aliphatic hydroxyl groups is 1. The molecule has 3 atom stereocenters. The number of aliphatic carboxylic acids is 1. The minimum absolute atomic E-state index is 0.0627. The molecular formula is C10H18N2O4. The minimum atomic E-state index is -1.09. The van der Waals surface area contributed by atoms with E-state index in [0.717, 1.165) is 6.42 Å². The summed E-state index contributed by atoms with van der Waals surface area (Å²) in [4.78, 5) is 23.9. The van der Waals surface area contributed by atoms with Gasteiger partial charge in [0.15, 0.2) is 0 Å². The van der Waals surface area contributed by atoms with Gasteiger partial charge in [-0.15, -0.1) is 0 Å². The molecule has 1 fully saturated rings. The molecule has 1 heterocycles. The summed E-state index contributed by atoms with van der Waals surface area (Å²) < 4.78 is 0. The average molecular weight is 230 g/mol. The van der Waals surface area contributed by atoms with Gasteiger partial charge in [0.25, 0.3) is 0 Å². The van der Waals surface area contributed by atoms with Crippen LogP contribution in [-0.2, 0) is 9.59 Å². The van der Waals surface area contributed by atoms with Crippen molar-refractivity contribution in [2.45, 2.75) is 44.4 Å². The highest BCUT2D eigenvalue weighted by molar-refractivity contribution is 5.87. The van der Waals surface area contributed by atoms with Crippen molar-refractivity contribution in [2.24, 2.45) is 5.73 Å². The molecule has 1 amide bonds. The number of nitrogens with zero attached hydrogens (tertiary/aromatic N) is 1. The van der Waals surface area contributed by atoms with Crippen LogP contribution >= 0.6 is 0 Å². The molecule has 0 aromatic heterocycles. The third kappa shape index (κ3) is 2.70. The molecule has 4 N–H and O–H groups in total. The van der Waals surface area contributed by atoms with Crippen molar-refractivity contribution in [3.8, 4) is 0 Å². The summed E-state index contributed by atoms with van der Waals surface area (Å²) in [7, 11) is 0. The normalized spacial score (nSPS) is 26.8. The second-order valence-corrected chi connectivity index (χ2v) is 4.13. The molecule has 6 heteroatoms. The van der Waals surface area contributed by atoms with Crippen molar-refractivity contribution >= 4 is 11.9 Å². The Bertz CT molecular complexity index is 282. The van der Waals surface area contributed by atoms with E-state index in [-0.39, 0.29) is 18.9 Å². The van der Waals surface area contributed by atoms with Crippen LogP contribution in [0.2, 0.25) is 0 Å². The Morgan fingerprint density at radius 2 is 2.19 bits per heavy atom. The zero-order valence-electron chi connectivity index (χ0n) is 9.30. The summed E-state index contributed by atoms with van der Waals surface area (Å²) in [6.45, 7) is 1.97. The number of nitrogens with two attached hydrogens (primary N) is 1. The number of hydrogen-bond acceptors (Lipinski definition) is 4. The van der Waals surface area contributed by atoms with E-state index < -0.39 is 24.2 Å². The Hall–Kier alpha value is -1.14. The number of aliphatic hydroxyl groups excluding tert-OH is 1. The van der Waals surface area contributed by atoms with E-state index in [2.05, 4.69) is 0 Å². The van der Waals surface area contributed by atoms with Crippen LogP contribution in [0, 0.1) is 0 Å². The van der Waals surface area contributed by atoms with E-state index in [1.807, 2.05) is 6.92 Å². The highest BCUT2D eigenvalue weighted by atomic mass is 16.4. The topological polar surface area (TPSA) is 104 Å². The first kappa shape index (κ1) is 12.9. The molecule has 0 radical (unpaired) electrons. The number of amides is 1. The van der Waals surface area contributed by atoms with Crippen molar-refractivity contribution in [1.29, 1.82) is 0 Å². The molecule has 92 valence electrons. The van der Waals surface area contributed by atoms with E-state index in [1.165, 1.54) is 4.90 Å². The third-order valence-corrected chi connectivity index (χ3v) is 2.76. The summed E-state index contributed by atoms with van der Waals surface area (Å²) in [6.07, 6.45) is 0.609. The molecule has 1 aliphatic heterocycles. The van der Waals surface area contributed by atoms with Gasteiger partial charge in [0, 0.05) is 13.0 Å². The van der Waals surface area contributed by atoms with Gasteiger partial charge in [-0.1, -0.05) is 13.3 Å². The van der Waals surface area contributed by atoms with E-state index in [1.54, 1.807) is 0 Å². The smallest absolute Gasteiger partial charge is 0.326 e. The molecule has 1 saturated heterocycles. The summed E-state index contributed by atoms with van der Waals surface area (Å²) in [5, 5.41) is 18.3. The molecule has 0 aliphatic carbocycles. The summed E-state index contributed by atoms with van der Waals surface area (Å²) in [5.74, 6) is -1.47. The van der Waals surface area contributed by atoms with Crippen molar-refractivity contribution < 1.29 is 19.8 Å². The van der Waals surface area contributed by atoms with Gasteiger partial charge in [0.05, 0.1) is 12.1 Å². The molecule has 0 saturated carbocycles. The first-order valence-corrected chi connectivity index (χ1v) is 5.44. The fraction of sp³-hybridized carbons (Fsp3) is 0.800. The largest absolute Gasteiger partial charge is 0.480 e. The van der Waals surface area contributed by atoms with Gasteiger partial charge < -0.3 is 20.8 Å². The second-order valence-electron chi connectivity index (χ2n) is 4.13. The molecule has 1 aliphatic rings. The maximum absolute atomic E-state index is 11.8. The van der Waals surface area contributed by atoms with Crippen LogP contribution in [0.25, 0.3) is 0 Å². The van der Waals surface area contributed by atoms with Gasteiger partial charge in [-0.3, -0.25) is 4.79 Å². The Kier molecular flexibility index (Phi) is 4.26. The average Bonchev–Trinajstić information content (AvgIpc) is 2.59. The van der Waals surface area contributed by atoms with Crippen molar-refractivity contribution in [2.75, 3.05) is 6.54 Å². The number of carboxylic acid groups (broad SMARTS) is 1. The van der Waals surface area contributed by atoms with Crippen LogP contribution in [0.3, 0.4) is 0 Å². The number of hydrogen-bond donors (Lipinski definition) is 3. The quantitative estimate of drug-likeness (QED) is 0.584. The molecule has 6 nitrogen and oxygen atoms in total. The lowest BCUT2D eigenvalue weighted by atomic mass is 10.1. The molecule has 1 rings (SSSR count). The number of carbonyl (C=O) groups excluding carboxylic acids is 1. The Morgan fingerprint density at radius 3 is 2.69 bits per heavy atom. The number of carbonyl (C=O) groups is 2. The third-order valence-electron chi connectivity index (χ3n) is 2.76. The summed E-state index contributed by atoms with van der Waals surface area (Å²) >= 11 is 0. The standard InChI is InChI=1S/C10H18N2O4/c1-2-3-7(11)9(14)12-5-6(13)4-8(12)10(15)16/h6-8,13H,2-5,11H2,1H3,(H,15,16)/t6-,7-,8+/m1/s1. The monoisotopic (exact) mass is 230 g/mol. The van der Waals surface area contributed by atoms with Gasteiger partial charge in [-0.2, -0.15) is 0 Å². The zero-order valence-corrected chi connectivity index (χ0v) is 9.30. The Balaban J connectivity index is 2.70. The van der Waals surface area contributed by atoms with Crippen LogP contribution in [0.1, 0.15) is 26.2 Å². The van der Waals surface area contributed by atoms with Crippen molar-refractivity contribution in [3.63, 3.8) is 0 Å². The maximum Gasteiger partial charge on any atom is 0.326 e. The predicted molar refractivity (Wildman–Crippen MR) is 56.6 cm³/mol.